The quantitative estimate of drug-likeness (QED) is 0.810. The molecule has 0 aromatic heterocycles. The Morgan fingerprint density at radius 2 is 1.59 bits per heavy atom. The van der Waals surface area contributed by atoms with Gasteiger partial charge in [0.05, 0.1) is 0 Å². The van der Waals surface area contributed by atoms with Crippen molar-refractivity contribution in [1.29, 1.82) is 0 Å². The first-order valence-electron chi connectivity index (χ1n) is 7.70. The van der Waals surface area contributed by atoms with Crippen LogP contribution in [0.1, 0.15) is 51.9 Å². The van der Waals surface area contributed by atoms with E-state index in [-0.39, 0.29) is 0 Å². The first-order valence-corrected chi connectivity index (χ1v) is 7.70. The average Bonchev–Trinajstić information content (AvgIpc) is 2.40. The van der Waals surface area contributed by atoms with Crippen LogP contribution in [-0.2, 0) is 0 Å². The summed E-state index contributed by atoms with van der Waals surface area (Å²) in [6.45, 7) is 6.16. The van der Waals surface area contributed by atoms with Crippen molar-refractivity contribution in [3.8, 4) is 0 Å². The molecule has 1 aliphatic carbocycles. The van der Waals surface area contributed by atoms with Crippen LogP contribution < -0.4 is 5.32 Å². The van der Waals surface area contributed by atoms with Gasteiger partial charge in [-0.15, -0.1) is 0 Å². The van der Waals surface area contributed by atoms with Crippen molar-refractivity contribution in [2.45, 2.75) is 57.9 Å². The average molecular weight is 238 g/mol. The Labute approximate surface area is 107 Å². The second-order valence-electron chi connectivity index (χ2n) is 6.22. The summed E-state index contributed by atoms with van der Waals surface area (Å²) in [5.74, 6) is 1.98. The second kappa shape index (κ2) is 6.75. The molecular formula is C15H30N2. The topological polar surface area (TPSA) is 15.3 Å². The van der Waals surface area contributed by atoms with Crippen molar-refractivity contribution in [2.24, 2.45) is 11.8 Å². The summed E-state index contributed by atoms with van der Waals surface area (Å²) in [5, 5.41) is 3.46. The number of nitrogens with one attached hydrogen (secondary N) is 1. The molecular weight excluding hydrogens is 208 g/mol. The summed E-state index contributed by atoms with van der Waals surface area (Å²) < 4.78 is 0. The molecule has 0 unspecified atom stereocenters. The summed E-state index contributed by atoms with van der Waals surface area (Å²) >= 11 is 0. The van der Waals surface area contributed by atoms with Crippen molar-refractivity contribution in [1.82, 2.24) is 10.2 Å². The molecule has 0 aromatic carbocycles. The predicted octanol–water partition coefficient (Wildman–Crippen LogP) is 2.89. The third-order valence-electron chi connectivity index (χ3n) is 5.02. The minimum atomic E-state index is 0.882. The van der Waals surface area contributed by atoms with E-state index in [1.165, 1.54) is 64.6 Å². The van der Waals surface area contributed by atoms with Crippen molar-refractivity contribution < 1.29 is 0 Å². The molecule has 100 valence electrons. The van der Waals surface area contributed by atoms with E-state index in [9.17, 15) is 0 Å². The lowest BCUT2D eigenvalue weighted by Crippen LogP contribution is -2.40. The summed E-state index contributed by atoms with van der Waals surface area (Å²) in [6, 6.07) is 0.882. The van der Waals surface area contributed by atoms with Crippen LogP contribution in [0.4, 0.5) is 0 Å². The smallest absolute Gasteiger partial charge is 0.00925 e. The SMILES string of the molecule is CCC1CCC(N(C)CC2CCNCC2)CC1. The number of hydrogen-bond donors (Lipinski definition) is 1. The summed E-state index contributed by atoms with van der Waals surface area (Å²) in [7, 11) is 2.36. The van der Waals surface area contributed by atoms with Gasteiger partial charge >= 0.3 is 0 Å². The third-order valence-corrected chi connectivity index (χ3v) is 5.02. The van der Waals surface area contributed by atoms with Gasteiger partial charge in [-0.3, -0.25) is 0 Å². The van der Waals surface area contributed by atoms with E-state index in [4.69, 9.17) is 0 Å². The van der Waals surface area contributed by atoms with Crippen molar-refractivity contribution in [3.05, 3.63) is 0 Å². The zero-order valence-corrected chi connectivity index (χ0v) is 11.8. The van der Waals surface area contributed by atoms with Crippen LogP contribution in [0.15, 0.2) is 0 Å². The Morgan fingerprint density at radius 1 is 0.941 bits per heavy atom. The number of nitrogens with zero attached hydrogens (tertiary/aromatic N) is 1. The number of hydrogen-bond acceptors (Lipinski definition) is 2. The molecule has 0 aromatic rings. The second-order valence-corrected chi connectivity index (χ2v) is 6.22. The lowest BCUT2D eigenvalue weighted by atomic mass is 9.83. The summed E-state index contributed by atoms with van der Waals surface area (Å²) in [5.41, 5.74) is 0. The van der Waals surface area contributed by atoms with Crippen molar-refractivity contribution in [2.75, 3.05) is 26.7 Å². The molecule has 1 heterocycles. The van der Waals surface area contributed by atoms with Crippen LogP contribution in [-0.4, -0.2) is 37.6 Å². The van der Waals surface area contributed by atoms with Gasteiger partial charge in [0.1, 0.15) is 0 Å². The lowest BCUT2D eigenvalue weighted by molar-refractivity contribution is 0.135. The molecule has 2 aliphatic rings. The lowest BCUT2D eigenvalue weighted by Gasteiger charge is -2.37. The summed E-state index contributed by atoms with van der Waals surface area (Å²) in [6.07, 6.45) is 9.99. The van der Waals surface area contributed by atoms with Gasteiger partial charge in [0.2, 0.25) is 0 Å². The van der Waals surface area contributed by atoms with Crippen LogP contribution in [0.3, 0.4) is 0 Å². The van der Waals surface area contributed by atoms with Gasteiger partial charge in [-0.25, -0.2) is 0 Å². The largest absolute Gasteiger partial charge is 0.317 e. The maximum Gasteiger partial charge on any atom is 0.00925 e. The molecule has 1 N–H and O–H groups in total. The van der Waals surface area contributed by atoms with Gasteiger partial charge in [-0.1, -0.05) is 13.3 Å². The van der Waals surface area contributed by atoms with Gasteiger partial charge in [0, 0.05) is 12.6 Å². The summed E-state index contributed by atoms with van der Waals surface area (Å²) in [4.78, 5) is 2.67. The molecule has 17 heavy (non-hydrogen) atoms. The zero-order valence-electron chi connectivity index (χ0n) is 11.8. The standard InChI is InChI=1S/C15H30N2/c1-3-13-4-6-15(7-5-13)17(2)12-14-8-10-16-11-9-14/h13-16H,3-12H2,1-2H3. The van der Waals surface area contributed by atoms with E-state index in [1.54, 1.807) is 0 Å². The molecule has 0 bridgehead atoms. The third kappa shape index (κ3) is 3.96. The van der Waals surface area contributed by atoms with E-state index in [2.05, 4.69) is 24.2 Å². The predicted molar refractivity (Wildman–Crippen MR) is 74.3 cm³/mol. The van der Waals surface area contributed by atoms with Crippen LogP contribution in [0, 0.1) is 11.8 Å². The van der Waals surface area contributed by atoms with E-state index in [1.807, 2.05) is 0 Å². The Kier molecular flexibility index (Phi) is 5.30. The van der Waals surface area contributed by atoms with E-state index in [0.29, 0.717) is 0 Å². The Morgan fingerprint density at radius 3 is 2.18 bits per heavy atom. The van der Waals surface area contributed by atoms with Gasteiger partial charge in [0.25, 0.3) is 0 Å². The number of rotatable bonds is 4. The molecule has 2 nitrogen and oxygen atoms in total. The molecule has 1 saturated carbocycles. The van der Waals surface area contributed by atoms with Gasteiger partial charge < -0.3 is 10.2 Å². The van der Waals surface area contributed by atoms with Crippen LogP contribution >= 0.6 is 0 Å². The first kappa shape index (κ1) is 13.4. The maximum absolute atomic E-state index is 3.46. The molecule has 2 fully saturated rings. The normalized spacial score (nSPS) is 31.9. The van der Waals surface area contributed by atoms with Crippen LogP contribution in [0.2, 0.25) is 0 Å². The molecule has 0 atom stereocenters. The number of piperidine rings is 1. The molecule has 2 rings (SSSR count). The highest BCUT2D eigenvalue weighted by Gasteiger charge is 2.24. The van der Waals surface area contributed by atoms with Gasteiger partial charge in [-0.05, 0) is 70.5 Å². The highest BCUT2D eigenvalue weighted by Crippen LogP contribution is 2.29. The van der Waals surface area contributed by atoms with E-state index in [0.717, 1.165) is 17.9 Å². The van der Waals surface area contributed by atoms with Crippen LogP contribution in [0.25, 0.3) is 0 Å². The Bertz CT molecular complexity index is 203. The highest BCUT2D eigenvalue weighted by atomic mass is 15.1. The molecule has 0 radical (unpaired) electrons. The maximum atomic E-state index is 3.46. The fourth-order valence-corrected chi connectivity index (χ4v) is 3.61. The van der Waals surface area contributed by atoms with Crippen molar-refractivity contribution >= 4 is 0 Å². The zero-order chi connectivity index (χ0) is 12.1. The molecule has 0 amide bonds. The minimum absolute atomic E-state index is 0.882. The molecule has 1 aliphatic heterocycles. The Balaban J connectivity index is 1.70. The minimum Gasteiger partial charge on any atom is -0.317 e. The van der Waals surface area contributed by atoms with Gasteiger partial charge in [0.15, 0.2) is 0 Å². The molecule has 1 saturated heterocycles. The fraction of sp³-hybridized carbons (Fsp3) is 1.00. The van der Waals surface area contributed by atoms with E-state index < -0.39 is 0 Å². The first-order chi connectivity index (χ1) is 8.29. The Hall–Kier alpha value is -0.0800. The van der Waals surface area contributed by atoms with Crippen LogP contribution in [0.5, 0.6) is 0 Å². The molecule has 0 spiro atoms. The monoisotopic (exact) mass is 238 g/mol. The highest BCUT2D eigenvalue weighted by molar-refractivity contribution is 4.80. The van der Waals surface area contributed by atoms with Crippen molar-refractivity contribution in [3.63, 3.8) is 0 Å². The van der Waals surface area contributed by atoms with E-state index >= 15 is 0 Å². The fourth-order valence-electron chi connectivity index (χ4n) is 3.61. The van der Waals surface area contributed by atoms with Gasteiger partial charge in [-0.2, -0.15) is 0 Å². The molecule has 2 heteroatoms.